The molecule has 10 heteroatoms. The van der Waals surface area contributed by atoms with Gasteiger partial charge in [0.05, 0.1) is 19.4 Å². The molecule has 1 amide bonds. The lowest BCUT2D eigenvalue weighted by atomic mass is 10.2. The standard InChI is InChI=1S/C23H23N5O4S/c1-26-20-19(21(30)27(2)23(26)31)28(13-15-8-5-4-6-9-15)22(25-20)33-14-18(29)24-16-10-7-11-17(12-16)32-3/h4-12H,13-14H2,1-3H3,(H,24,29). The van der Waals surface area contributed by atoms with Crippen LogP contribution in [0.2, 0.25) is 0 Å². The predicted octanol–water partition coefficient (Wildman–Crippen LogP) is 2.22. The quantitative estimate of drug-likeness (QED) is 0.420. The minimum Gasteiger partial charge on any atom is -0.497 e. The molecule has 0 spiro atoms. The SMILES string of the molecule is COc1cccc(NC(=O)CSc2nc3c(c(=O)n(C)c(=O)n3C)n2Cc2ccccc2)c1. The molecule has 2 aromatic heterocycles. The van der Waals surface area contributed by atoms with Crippen LogP contribution in [0.4, 0.5) is 5.69 Å². The van der Waals surface area contributed by atoms with Gasteiger partial charge in [-0.15, -0.1) is 0 Å². The first kappa shape index (κ1) is 22.4. The summed E-state index contributed by atoms with van der Waals surface area (Å²) in [4.78, 5) is 42.5. The van der Waals surface area contributed by atoms with E-state index in [9.17, 15) is 14.4 Å². The summed E-state index contributed by atoms with van der Waals surface area (Å²) in [6.07, 6.45) is 0. The number of carbonyl (C=O) groups excluding carboxylic acids is 1. The maximum absolute atomic E-state index is 13.0. The van der Waals surface area contributed by atoms with Crippen LogP contribution in [-0.2, 0) is 25.4 Å². The molecule has 9 nitrogen and oxygen atoms in total. The van der Waals surface area contributed by atoms with Crippen LogP contribution in [0.5, 0.6) is 5.75 Å². The van der Waals surface area contributed by atoms with E-state index in [0.717, 1.165) is 10.1 Å². The fraction of sp³-hybridized carbons (Fsp3) is 0.217. The van der Waals surface area contributed by atoms with Gasteiger partial charge in [0.25, 0.3) is 5.56 Å². The molecule has 0 aliphatic heterocycles. The van der Waals surface area contributed by atoms with E-state index in [-0.39, 0.29) is 17.3 Å². The maximum atomic E-state index is 13.0. The van der Waals surface area contributed by atoms with Crippen LogP contribution in [0, 0.1) is 0 Å². The molecule has 0 aliphatic carbocycles. The second kappa shape index (κ2) is 9.37. The molecule has 0 bridgehead atoms. The Morgan fingerprint density at radius 3 is 2.55 bits per heavy atom. The molecule has 0 saturated heterocycles. The molecule has 0 radical (unpaired) electrons. The Labute approximate surface area is 193 Å². The highest BCUT2D eigenvalue weighted by Crippen LogP contribution is 2.24. The lowest BCUT2D eigenvalue weighted by Crippen LogP contribution is -2.37. The molecule has 0 atom stereocenters. The summed E-state index contributed by atoms with van der Waals surface area (Å²) < 4.78 is 9.35. The van der Waals surface area contributed by atoms with E-state index in [2.05, 4.69) is 10.3 Å². The van der Waals surface area contributed by atoms with Crippen LogP contribution >= 0.6 is 11.8 Å². The fourth-order valence-corrected chi connectivity index (χ4v) is 4.27. The zero-order valence-electron chi connectivity index (χ0n) is 18.4. The Morgan fingerprint density at radius 2 is 1.82 bits per heavy atom. The lowest BCUT2D eigenvalue weighted by Gasteiger charge is -2.10. The summed E-state index contributed by atoms with van der Waals surface area (Å²) in [7, 11) is 4.58. The Bertz CT molecular complexity index is 1440. The van der Waals surface area contributed by atoms with E-state index in [0.29, 0.717) is 28.7 Å². The van der Waals surface area contributed by atoms with E-state index >= 15 is 0 Å². The Hall–Kier alpha value is -3.79. The zero-order chi connectivity index (χ0) is 23.5. The first-order valence-corrected chi connectivity index (χ1v) is 11.1. The van der Waals surface area contributed by atoms with Crippen LogP contribution in [0.3, 0.4) is 0 Å². The average molecular weight is 466 g/mol. The summed E-state index contributed by atoms with van der Waals surface area (Å²) in [6.45, 7) is 0.380. The van der Waals surface area contributed by atoms with Gasteiger partial charge in [0.2, 0.25) is 5.91 Å². The van der Waals surface area contributed by atoms with Crippen LogP contribution in [0.25, 0.3) is 11.2 Å². The van der Waals surface area contributed by atoms with Crippen LogP contribution < -0.4 is 21.3 Å². The van der Waals surface area contributed by atoms with Crippen molar-refractivity contribution in [1.29, 1.82) is 0 Å². The van der Waals surface area contributed by atoms with Gasteiger partial charge in [0.1, 0.15) is 5.75 Å². The Morgan fingerprint density at radius 1 is 1.06 bits per heavy atom. The number of nitrogens with one attached hydrogen (secondary N) is 1. The number of rotatable bonds is 7. The van der Waals surface area contributed by atoms with Crippen molar-refractivity contribution in [3.63, 3.8) is 0 Å². The minimum atomic E-state index is -0.454. The number of ether oxygens (including phenoxy) is 1. The number of thioether (sulfide) groups is 1. The van der Waals surface area contributed by atoms with E-state index in [1.165, 1.54) is 23.4 Å². The largest absolute Gasteiger partial charge is 0.497 e. The maximum Gasteiger partial charge on any atom is 0.332 e. The molecule has 33 heavy (non-hydrogen) atoms. The molecular weight excluding hydrogens is 442 g/mol. The number of hydrogen-bond acceptors (Lipinski definition) is 6. The van der Waals surface area contributed by atoms with Crippen molar-refractivity contribution in [2.45, 2.75) is 11.7 Å². The van der Waals surface area contributed by atoms with E-state index in [1.54, 1.807) is 43.0 Å². The Kier molecular flexibility index (Phi) is 6.36. The van der Waals surface area contributed by atoms with E-state index in [4.69, 9.17) is 4.74 Å². The predicted molar refractivity (Wildman–Crippen MR) is 128 cm³/mol. The second-order valence-electron chi connectivity index (χ2n) is 7.41. The Balaban J connectivity index is 1.67. The highest BCUT2D eigenvalue weighted by Gasteiger charge is 2.20. The molecule has 4 aromatic rings. The number of hydrogen-bond donors (Lipinski definition) is 1. The number of aromatic nitrogens is 4. The van der Waals surface area contributed by atoms with Crippen molar-refractivity contribution in [3.05, 3.63) is 81.0 Å². The highest BCUT2D eigenvalue weighted by molar-refractivity contribution is 7.99. The molecule has 2 aromatic carbocycles. The smallest absolute Gasteiger partial charge is 0.332 e. The van der Waals surface area contributed by atoms with Crippen molar-refractivity contribution in [2.24, 2.45) is 14.1 Å². The van der Waals surface area contributed by atoms with Gasteiger partial charge in [-0.2, -0.15) is 0 Å². The van der Waals surface area contributed by atoms with E-state index in [1.807, 2.05) is 30.3 Å². The molecule has 0 aliphatic rings. The third-order valence-electron chi connectivity index (χ3n) is 5.18. The summed E-state index contributed by atoms with van der Waals surface area (Å²) >= 11 is 1.20. The van der Waals surface area contributed by atoms with Gasteiger partial charge in [-0.25, -0.2) is 9.78 Å². The molecule has 2 heterocycles. The van der Waals surface area contributed by atoms with Crippen molar-refractivity contribution in [1.82, 2.24) is 18.7 Å². The topological polar surface area (TPSA) is 100 Å². The number of anilines is 1. The average Bonchev–Trinajstić information content (AvgIpc) is 3.19. The first-order chi connectivity index (χ1) is 15.9. The highest BCUT2D eigenvalue weighted by atomic mass is 32.2. The number of imidazole rings is 1. The van der Waals surface area contributed by atoms with Crippen LogP contribution in [0.1, 0.15) is 5.56 Å². The number of methoxy groups -OCH3 is 1. The summed E-state index contributed by atoms with van der Waals surface area (Å²) in [5, 5.41) is 3.31. The van der Waals surface area contributed by atoms with Gasteiger partial charge < -0.3 is 14.6 Å². The number of amides is 1. The third-order valence-corrected chi connectivity index (χ3v) is 6.16. The van der Waals surface area contributed by atoms with Crippen LogP contribution in [-0.4, -0.2) is 37.5 Å². The third kappa shape index (κ3) is 4.56. The molecule has 170 valence electrons. The molecule has 4 rings (SSSR count). The van der Waals surface area contributed by atoms with Crippen molar-refractivity contribution < 1.29 is 9.53 Å². The zero-order valence-corrected chi connectivity index (χ0v) is 19.3. The van der Waals surface area contributed by atoms with Crippen molar-refractivity contribution in [3.8, 4) is 5.75 Å². The van der Waals surface area contributed by atoms with Crippen molar-refractivity contribution in [2.75, 3.05) is 18.2 Å². The summed E-state index contributed by atoms with van der Waals surface area (Å²) in [5.41, 5.74) is 1.31. The number of fused-ring (bicyclic) bond motifs is 1. The second-order valence-corrected chi connectivity index (χ2v) is 8.36. The molecule has 0 fully saturated rings. The molecule has 0 unspecified atom stereocenters. The summed E-state index contributed by atoms with van der Waals surface area (Å²) in [5.74, 6) is 0.485. The molecular formula is C23H23N5O4S. The normalized spacial score (nSPS) is 11.0. The first-order valence-electron chi connectivity index (χ1n) is 10.2. The van der Waals surface area contributed by atoms with Gasteiger partial charge in [0, 0.05) is 25.8 Å². The van der Waals surface area contributed by atoms with Gasteiger partial charge in [0.15, 0.2) is 16.3 Å². The van der Waals surface area contributed by atoms with Gasteiger partial charge in [-0.1, -0.05) is 48.2 Å². The minimum absolute atomic E-state index is 0.0730. The fourth-order valence-electron chi connectivity index (χ4n) is 3.48. The summed E-state index contributed by atoms with van der Waals surface area (Å²) in [6, 6.07) is 16.7. The van der Waals surface area contributed by atoms with Crippen molar-refractivity contribution >= 4 is 34.5 Å². The number of aryl methyl sites for hydroxylation is 1. The van der Waals surface area contributed by atoms with Crippen LogP contribution in [0.15, 0.2) is 69.3 Å². The number of nitrogens with zero attached hydrogens (tertiary/aromatic N) is 4. The van der Waals surface area contributed by atoms with Gasteiger partial charge >= 0.3 is 5.69 Å². The monoisotopic (exact) mass is 465 g/mol. The lowest BCUT2D eigenvalue weighted by molar-refractivity contribution is -0.113. The molecule has 1 N–H and O–H groups in total. The van der Waals surface area contributed by atoms with Gasteiger partial charge in [-0.05, 0) is 17.7 Å². The molecule has 0 saturated carbocycles. The van der Waals surface area contributed by atoms with E-state index < -0.39 is 11.2 Å². The number of benzene rings is 2. The number of carbonyl (C=O) groups is 1. The van der Waals surface area contributed by atoms with Gasteiger partial charge in [-0.3, -0.25) is 18.7 Å².